The van der Waals surface area contributed by atoms with E-state index in [0.717, 1.165) is 12.1 Å². The van der Waals surface area contributed by atoms with Gasteiger partial charge in [-0.1, -0.05) is 13.0 Å². The average molecular weight is 232 g/mol. The van der Waals surface area contributed by atoms with Crippen molar-refractivity contribution in [3.63, 3.8) is 0 Å². The Morgan fingerprint density at radius 3 is 2.82 bits per heavy atom. The maximum Gasteiger partial charge on any atom is 0.274 e. The van der Waals surface area contributed by atoms with Crippen molar-refractivity contribution in [2.45, 2.75) is 32.7 Å². The van der Waals surface area contributed by atoms with Crippen molar-refractivity contribution in [3.8, 4) is 12.3 Å². The van der Waals surface area contributed by atoms with Crippen LogP contribution in [0.3, 0.4) is 0 Å². The van der Waals surface area contributed by atoms with Crippen LogP contribution in [0.1, 0.15) is 25.3 Å². The topological polar surface area (TPSA) is 55.2 Å². The fourth-order valence-electron chi connectivity index (χ4n) is 1.57. The molecule has 0 aliphatic rings. The third-order valence-electron chi connectivity index (χ3n) is 2.63. The SMILES string of the molecule is C#CCC(CC)Nc1ccc(C)c([N+](=O)[O-])c1. The van der Waals surface area contributed by atoms with Gasteiger partial charge in [0.15, 0.2) is 0 Å². The van der Waals surface area contributed by atoms with Crippen molar-refractivity contribution in [2.75, 3.05) is 5.32 Å². The zero-order valence-corrected chi connectivity index (χ0v) is 10.1. The highest BCUT2D eigenvalue weighted by molar-refractivity contribution is 5.55. The molecule has 0 aromatic heterocycles. The number of rotatable bonds is 5. The number of nitrogens with one attached hydrogen (secondary N) is 1. The van der Waals surface area contributed by atoms with Crippen LogP contribution in [0.25, 0.3) is 0 Å². The Morgan fingerprint density at radius 1 is 1.59 bits per heavy atom. The minimum Gasteiger partial charge on any atom is -0.381 e. The summed E-state index contributed by atoms with van der Waals surface area (Å²) in [5.41, 5.74) is 1.53. The van der Waals surface area contributed by atoms with Crippen LogP contribution in [-0.4, -0.2) is 11.0 Å². The molecule has 17 heavy (non-hydrogen) atoms. The monoisotopic (exact) mass is 232 g/mol. The minimum atomic E-state index is -0.372. The van der Waals surface area contributed by atoms with Crippen LogP contribution in [0.15, 0.2) is 18.2 Å². The lowest BCUT2D eigenvalue weighted by atomic mass is 10.1. The lowest BCUT2D eigenvalue weighted by molar-refractivity contribution is -0.385. The summed E-state index contributed by atoms with van der Waals surface area (Å²) in [7, 11) is 0. The first-order valence-electron chi connectivity index (χ1n) is 5.53. The predicted octanol–water partition coefficient (Wildman–Crippen LogP) is 3.12. The van der Waals surface area contributed by atoms with E-state index in [1.165, 1.54) is 0 Å². The molecule has 1 aromatic carbocycles. The lowest BCUT2D eigenvalue weighted by Gasteiger charge is -2.15. The largest absolute Gasteiger partial charge is 0.381 e. The van der Waals surface area contributed by atoms with Crippen molar-refractivity contribution in [3.05, 3.63) is 33.9 Å². The predicted molar refractivity (Wildman–Crippen MR) is 69.0 cm³/mol. The van der Waals surface area contributed by atoms with Gasteiger partial charge in [0.2, 0.25) is 0 Å². The number of hydrogen-bond acceptors (Lipinski definition) is 3. The van der Waals surface area contributed by atoms with Gasteiger partial charge in [0.1, 0.15) is 0 Å². The van der Waals surface area contributed by atoms with E-state index in [1.54, 1.807) is 19.1 Å². The molecule has 90 valence electrons. The van der Waals surface area contributed by atoms with E-state index in [1.807, 2.05) is 13.0 Å². The molecule has 0 saturated heterocycles. The standard InChI is InChI=1S/C13H16N2O2/c1-4-6-11(5-2)14-12-8-7-10(3)13(9-12)15(16)17/h1,7-9,11,14H,5-6H2,2-3H3. The Kier molecular flexibility index (Phi) is 4.53. The number of anilines is 1. The maximum atomic E-state index is 10.8. The second-order valence-electron chi connectivity index (χ2n) is 3.92. The number of nitro benzene ring substituents is 1. The van der Waals surface area contributed by atoms with Crippen LogP contribution in [0, 0.1) is 29.4 Å². The van der Waals surface area contributed by atoms with Crippen LogP contribution in [-0.2, 0) is 0 Å². The van der Waals surface area contributed by atoms with E-state index >= 15 is 0 Å². The van der Waals surface area contributed by atoms with E-state index in [4.69, 9.17) is 6.42 Å². The summed E-state index contributed by atoms with van der Waals surface area (Å²) >= 11 is 0. The summed E-state index contributed by atoms with van der Waals surface area (Å²) in [5.74, 6) is 2.59. The van der Waals surface area contributed by atoms with Crippen LogP contribution >= 0.6 is 0 Å². The lowest BCUT2D eigenvalue weighted by Crippen LogP contribution is -2.17. The molecule has 0 radical (unpaired) electrons. The van der Waals surface area contributed by atoms with E-state index in [-0.39, 0.29) is 16.7 Å². The Bertz CT molecular complexity index is 449. The summed E-state index contributed by atoms with van der Waals surface area (Å²) in [5, 5.41) is 14.0. The summed E-state index contributed by atoms with van der Waals surface area (Å²) in [6.07, 6.45) is 6.75. The van der Waals surface area contributed by atoms with Gasteiger partial charge in [0.25, 0.3) is 5.69 Å². The first-order chi connectivity index (χ1) is 8.08. The number of nitro groups is 1. The molecule has 0 amide bonds. The molecule has 1 aromatic rings. The van der Waals surface area contributed by atoms with Crippen LogP contribution in [0.4, 0.5) is 11.4 Å². The molecule has 0 saturated carbocycles. The molecule has 0 bridgehead atoms. The molecule has 0 heterocycles. The second kappa shape index (κ2) is 5.90. The van der Waals surface area contributed by atoms with E-state index in [2.05, 4.69) is 11.2 Å². The third kappa shape index (κ3) is 3.49. The van der Waals surface area contributed by atoms with Gasteiger partial charge in [0, 0.05) is 29.8 Å². The molecule has 4 heteroatoms. The van der Waals surface area contributed by atoms with Crippen LogP contribution in [0.2, 0.25) is 0 Å². The molecule has 0 fully saturated rings. The number of nitrogens with zero attached hydrogens (tertiary/aromatic N) is 1. The van der Waals surface area contributed by atoms with Crippen LogP contribution < -0.4 is 5.32 Å². The third-order valence-corrected chi connectivity index (χ3v) is 2.63. The summed E-state index contributed by atoms with van der Waals surface area (Å²) in [6.45, 7) is 3.75. The van der Waals surface area contributed by atoms with Crippen molar-refractivity contribution in [1.82, 2.24) is 0 Å². The second-order valence-corrected chi connectivity index (χ2v) is 3.92. The van der Waals surface area contributed by atoms with Gasteiger partial charge in [-0.15, -0.1) is 12.3 Å². The minimum absolute atomic E-state index is 0.130. The number of aryl methyl sites for hydroxylation is 1. The van der Waals surface area contributed by atoms with Crippen LogP contribution in [0.5, 0.6) is 0 Å². The molecular weight excluding hydrogens is 216 g/mol. The van der Waals surface area contributed by atoms with Crippen molar-refractivity contribution in [2.24, 2.45) is 0 Å². The molecule has 0 spiro atoms. The molecule has 1 rings (SSSR count). The Balaban J connectivity index is 2.89. The number of hydrogen-bond donors (Lipinski definition) is 1. The highest BCUT2D eigenvalue weighted by atomic mass is 16.6. The average Bonchev–Trinajstić information content (AvgIpc) is 2.30. The number of benzene rings is 1. The van der Waals surface area contributed by atoms with Gasteiger partial charge >= 0.3 is 0 Å². The smallest absolute Gasteiger partial charge is 0.274 e. The van der Waals surface area contributed by atoms with Gasteiger partial charge in [-0.3, -0.25) is 10.1 Å². The Hall–Kier alpha value is -2.02. The van der Waals surface area contributed by atoms with Gasteiger partial charge in [-0.2, -0.15) is 0 Å². The quantitative estimate of drug-likeness (QED) is 0.482. The Morgan fingerprint density at radius 2 is 2.29 bits per heavy atom. The molecule has 1 atom stereocenters. The highest BCUT2D eigenvalue weighted by Crippen LogP contribution is 2.23. The van der Waals surface area contributed by atoms with E-state index < -0.39 is 0 Å². The molecule has 1 unspecified atom stereocenters. The van der Waals surface area contributed by atoms with Crippen molar-refractivity contribution in [1.29, 1.82) is 0 Å². The Labute approximate surface area is 101 Å². The van der Waals surface area contributed by atoms with Gasteiger partial charge < -0.3 is 5.32 Å². The van der Waals surface area contributed by atoms with Gasteiger partial charge in [0.05, 0.1) is 4.92 Å². The number of terminal acetylenes is 1. The summed E-state index contributed by atoms with van der Waals surface area (Å²) in [4.78, 5) is 10.4. The maximum absolute atomic E-state index is 10.8. The zero-order valence-electron chi connectivity index (χ0n) is 10.1. The molecular formula is C13H16N2O2. The van der Waals surface area contributed by atoms with Crippen molar-refractivity contribution >= 4 is 11.4 Å². The van der Waals surface area contributed by atoms with Crippen molar-refractivity contribution < 1.29 is 4.92 Å². The summed E-state index contributed by atoms with van der Waals surface area (Å²) in [6, 6.07) is 5.28. The van der Waals surface area contributed by atoms with Gasteiger partial charge in [-0.25, -0.2) is 0 Å². The first kappa shape index (κ1) is 13.0. The fourth-order valence-corrected chi connectivity index (χ4v) is 1.57. The highest BCUT2D eigenvalue weighted by Gasteiger charge is 2.12. The van der Waals surface area contributed by atoms with Gasteiger partial charge in [-0.05, 0) is 19.4 Å². The zero-order chi connectivity index (χ0) is 12.8. The normalized spacial score (nSPS) is 11.6. The fraction of sp³-hybridized carbons (Fsp3) is 0.385. The summed E-state index contributed by atoms with van der Waals surface area (Å²) < 4.78 is 0. The van der Waals surface area contributed by atoms with E-state index in [9.17, 15) is 10.1 Å². The van der Waals surface area contributed by atoms with E-state index in [0.29, 0.717) is 12.0 Å². The molecule has 4 nitrogen and oxygen atoms in total. The first-order valence-corrected chi connectivity index (χ1v) is 5.53. The molecule has 0 aliphatic carbocycles. The molecule has 1 N–H and O–H groups in total. The molecule has 0 aliphatic heterocycles.